The van der Waals surface area contributed by atoms with Gasteiger partial charge in [-0.25, -0.2) is 0 Å². The van der Waals surface area contributed by atoms with Crippen molar-refractivity contribution in [2.24, 2.45) is 5.92 Å². The second-order valence-corrected chi connectivity index (χ2v) is 7.62. The number of carbonyl (C=O) groups is 1. The van der Waals surface area contributed by atoms with E-state index >= 15 is 0 Å². The Bertz CT molecular complexity index is 624. The van der Waals surface area contributed by atoms with E-state index in [-0.39, 0.29) is 11.5 Å². The van der Waals surface area contributed by atoms with E-state index in [0.29, 0.717) is 17.5 Å². The number of carbonyl (C=O) groups excluding carboxylic acids is 1. The van der Waals surface area contributed by atoms with Crippen molar-refractivity contribution < 1.29 is 4.79 Å². The maximum Gasteiger partial charge on any atom is 0.254 e. The molecular weight excluding hydrogens is 302 g/mol. The summed E-state index contributed by atoms with van der Waals surface area (Å²) < 4.78 is 0. The summed E-state index contributed by atoms with van der Waals surface area (Å²) in [4.78, 5) is 32.0. The molecule has 0 saturated carbocycles. The lowest BCUT2D eigenvalue weighted by molar-refractivity contribution is 0.0644. The number of H-pyrrole nitrogens is 1. The van der Waals surface area contributed by atoms with Crippen LogP contribution in [0.2, 0.25) is 0 Å². The SMILES string of the molecule is CC(C)Cc1cc(C(=O)N2CCC(N3CCCC3)CC2)cc(=O)[nH]1. The van der Waals surface area contributed by atoms with Crippen molar-refractivity contribution in [2.45, 2.75) is 52.0 Å². The van der Waals surface area contributed by atoms with Gasteiger partial charge >= 0.3 is 0 Å². The van der Waals surface area contributed by atoms with Gasteiger partial charge in [-0.2, -0.15) is 0 Å². The summed E-state index contributed by atoms with van der Waals surface area (Å²) in [6.07, 6.45) is 5.50. The minimum Gasteiger partial charge on any atom is -0.339 e. The molecule has 3 rings (SSSR count). The van der Waals surface area contributed by atoms with Gasteiger partial charge in [-0.15, -0.1) is 0 Å². The number of nitrogens with zero attached hydrogens (tertiary/aromatic N) is 2. The molecule has 2 fully saturated rings. The van der Waals surface area contributed by atoms with Crippen molar-refractivity contribution in [3.8, 4) is 0 Å². The molecule has 2 aliphatic heterocycles. The van der Waals surface area contributed by atoms with E-state index in [2.05, 4.69) is 23.7 Å². The second kappa shape index (κ2) is 7.51. The zero-order chi connectivity index (χ0) is 17.1. The Balaban J connectivity index is 1.64. The standard InChI is InChI=1S/C19H29N3O2/c1-14(2)11-16-12-15(13-18(23)20-16)19(24)22-9-5-17(6-10-22)21-7-3-4-8-21/h12-14,17H,3-11H2,1-2H3,(H,20,23). The molecule has 0 radical (unpaired) electrons. The minimum atomic E-state index is -0.177. The van der Waals surface area contributed by atoms with Gasteiger partial charge < -0.3 is 14.8 Å². The smallest absolute Gasteiger partial charge is 0.254 e. The van der Waals surface area contributed by atoms with Gasteiger partial charge in [-0.3, -0.25) is 9.59 Å². The summed E-state index contributed by atoms with van der Waals surface area (Å²) in [5, 5.41) is 0. The average molecular weight is 331 g/mol. The number of hydrogen-bond acceptors (Lipinski definition) is 3. The monoisotopic (exact) mass is 331 g/mol. The topological polar surface area (TPSA) is 56.4 Å². The number of rotatable bonds is 4. The minimum absolute atomic E-state index is 0.00554. The van der Waals surface area contributed by atoms with Crippen LogP contribution in [0.25, 0.3) is 0 Å². The fourth-order valence-electron chi connectivity index (χ4n) is 4.00. The van der Waals surface area contributed by atoms with Crippen molar-refractivity contribution in [3.63, 3.8) is 0 Å². The summed E-state index contributed by atoms with van der Waals surface area (Å²) in [7, 11) is 0. The van der Waals surface area contributed by atoms with Crippen LogP contribution in [-0.2, 0) is 6.42 Å². The zero-order valence-electron chi connectivity index (χ0n) is 14.9. The Morgan fingerprint density at radius 1 is 1.17 bits per heavy atom. The van der Waals surface area contributed by atoms with Crippen molar-refractivity contribution in [1.82, 2.24) is 14.8 Å². The molecule has 2 saturated heterocycles. The lowest BCUT2D eigenvalue weighted by atomic mass is 10.0. The molecule has 0 unspecified atom stereocenters. The number of nitrogens with one attached hydrogen (secondary N) is 1. The molecule has 1 aromatic rings. The number of hydrogen-bond donors (Lipinski definition) is 1. The first-order valence-corrected chi connectivity index (χ1v) is 9.29. The summed E-state index contributed by atoms with van der Waals surface area (Å²) in [6.45, 7) is 8.24. The molecule has 24 heavy (non-hydrogen) atoms. The van der Waals surface area contributed by atoms with Crippen LogP contribution in [0.5, 0.6) is 0 Å². The van der Waals surface area contributed by atoms with Crippen LogP contribution >= 0.6 is 0 Å². The number of pyridine rings is 1. The van der Waals surface area contributed by atoms with Gasteiger partial charge in [-0.1, -0.05) is 13.8 Å². The van der Waals surface area contributed by atoms with E-state index in [1.807, 2.05) is 11.0 Å². The first kappa shape index (κ1) is 17.2. The highest BCUT2D eigenvalue weighted by atomic mass is 16.2. The number of aromatic amines is 1. The number of amides is 1. The van der Waals surface area contributed by atoms with Crippen LogP contribution in [0.15, 0.2) is 16.9 Å². The van der Waals surface area contributed by atoms with Crippen LogP contribution in [0, 0.1) is 5.92 Å². The van der Waals surface area contributed by atoms with E-state index in [0.717, 1.165) is 38.0 Å². The molecule has 0 bridgehead atoms. The molecule has 132 valence electrons. The predicted molar refractivity (Wildman–Crippen MR) is 95.3 cm³/mol. The predicted octanol–water partition coefficient (Wildman–Crippen LogP) is 2.27. The Kier molecular flexibility index (Phi) is 5.39. The summed E-state index contributed by atoms with van der Waals surface area (Å²) >= 11 is 0. The molecule has 0 atom stereocenters. The maximum absolute atomic E-state index is 12.8. The largest absolute Gasteiger partial charge is 0.339 e. The van der Waals surface area contributed by atoms with Gasteiger partial charge in [0.2, 0.25) is 5.56 Å². The van der Waals surface area contributed by atoms with Crippen molar-refractivity contribution in [1.29, 1.82) is 0 Å². The molecule has 0 spiro atoms. The highest BCUT2D eigenvalue weighted by molar-refractivity contribution is 5.94. The van der Waals surface area contributed by atoms with Crippen molar-refractivity contribution in [2.75, 3.05) is 26.2 Å². The quantitative estimate of drug-likeness (QED) is 0.921. The number of aromatic nitrogens is 1. The number of piperidine rings is 1. The zero-order valence-corrected chi connectivity index (χ0v) is 14.9. The van der Waals surface area contributed by atoms with Gasteiger partial charge in [0, 0.05) is 36.5 Å². The average Bonchev–Trinajstić information content (AvgIpc) is 3.07. The normalized spacial score (nSPS) is 20.0. The van der Waals surface area contributed by atoms with Crippen LogP contribution in [0.1, 0.15) is 55.6 Å². The van der Waals surface area contributed by atoms with Gasteiger partial charge in [-0.05, 0) is 57.2 Å². The molecule has 3 heterocycles. The van der Waals surface area contributed by atoms with Crippen LogP contribution < -0.4 is 5.56 Å². The molecule has 5 heteroatoms. The molecule has 0 aromatic carbocycles. The van der Waals surface area contributed by atoms with Crippen molar-refractivity contribution in [3.05, 3.63) is 33.7 Å². The van der Waals surface area contributed by atoms with E-state index in [1.165, 1.54) is 32.0 Å². The van der Waals surface area contributed by atoms with Crippen LogP contribution in [-0.4, -0.2) is 52.9 Å². The first-order valence-electron chi connectivity index (χ1n) is 9.29. The van der Waals surface area contributed by atoms with E-state index in [4.69, 9.17) is 0 Å². The highest BCUT2D eigenvalue weighted by Crippen LogP contribution is 2.22. The van der Waals surface area contributed by atoms with Gasteiger partial charge in [0.15, 0.2) is 0 Å². The molecule has 0 aliphatic carbocycles. The third-order valence-corrected chi connectivity index (χ3v) is 5.18. The number of likely N-dealkylation sites (tertiary alicyclic amines) is 2. The summed E-state index contributed by atoms with van der Waals surface area (Å²) in [6, 6.07) is 3.93. The van der Waals surface area contributed by atoms with Gasteiger partial charge in [0.1, 0.15) is 0 Å². The lowest BCUT2D eigenvalue weighted by Crippen LogP contribution is -2.46. The van der Waals surface area contributed by atoms with Gasteiger partial charge in [0.05, 0.1) is 0 Å². The fourth-order valence-corrected chi connectivity index (χ4v) is 4.00. The molecule has 5 nitrogen and oxygen atoms in total. The van der Waals surface area contributed by atoms with E-state index in [9.17, 15) is 9.59 Å². The van der Waals surface area contributed by atoms with Crippen LogP contribution in [0.3, 0.4) is 0 Å². The Hall–Kier alpha value is -1.62. The summed E-state index contributed by atoms with van der Waals surface area (Å²) in [5.41, 5.74) is 1.21. The summed E-state index contributed by atoms with van der Waals surface area (Å²) in [5.74, 6) is 0.452. The van der Waals surface area contributed by atoms with Crippen molar-refractivity contribution >= 4 is 5.91 Å². The maximum atomic E-state index is 12.8. The molecular formula is C19H29N3O2. The molecule has 2 aliphatic rings. The third-order valence-electron chi connectivity index (χ3n) is 5.18. The molecule has 1 aromatic heterocycles. The molecule has 1 amide bonds. The lowest BCUT2D eigenvalue weighted by Gasteiger charge is -2.36. The molecule has 1 N–H and O–H groups in total. The highest BCUT2D eigenvalue weighted by Gasteiger charge is 2.28. The third kappa shape index (κ3) is 4.07. The van der Waals surface area contributed by atoms with E-state index in [1.54, 1.807) is 0 Å². The van der Waals surface area contributed by atoms with Crippen LogP contribution in [0.4, 0.5) is 0 Å². The Labute approximate surface area is 144 Å². The van der Waals surface area contributed by atoms with Gasteiger partial charge in [0.25, 0.3) is 5.91 Å². The van der Waals surface area contributed by atoms with E-state index < -0.39 is 0 Å². The fraction of sp³-hybridized carbons (Fsp3) is 0.684. The first-order chi connectivity index (χ1) is 11.5. The Morgan fingerprint density at radius 3 is 2.46 bits per heavy atom. The second-order valence-electron chi connectivity index (χ2n) is 7.62. The Morgan fingerprint density at radius 2 is 1.83 bits per heavy atom.